The van der Waals surface area contributed by atoms with Crippen LogP contribution in [0.25, 0.3) is 11.1 Å². The summed E-state index contributed by atoms with van der Waals surface area (Å²) in [6.07, 6.45) is 0.999. The van der Waals surface area contributed by atoms with Crippen LogP contribution in [-0.4, -0.2) is 25.7 Å². The van der Waals surface area contributed by atoms with E-state index in [9.17, 15) is 17.6 Å². The molecule has 0 fully saturated rings. The number of carbonyl (C=O) groups is 1. The molecule has 0 aliphatic rings. The van der Waals surface area contributed by atoms with Crippen LogP contribution in [0.2, 0.25) is 5.02 Å². The largest absolute Gasteiger partial charge is 0.478 e. The van der Waals surface area contributed by atoms with Gasteiger partial charge in [-0.3, -0.25) is 0 Å². The van der Waals surface area contributed by atoms with Crippen LogP contribution in [0.4, 0.5) is 4.39 Å². The zero-order chi connectivity index (χ0) is 15.8. The van der Waals surface area contributed by atoms with Crippen LogP contribution >= 0.6 is 11.6 Å². The quantitative estimate of drug-likeness (QED) is 0.938. The van der Waals surface area contributed by atoms with Crippen molar-refractivity contribution in [2.45, 2.75) is 4.90 Å². The topological polar surface area (TPSA) is 71.4 Å². The third kappa shape index (κ3) is 3.22. The molecule has 2 rings (SSSR count). The number of benzene rings is 2. The molecule has 0 atom stereocenters. The first kappa shape index (κ1) is 15.5. The Labute approximate surface area is 125 Å². The van der Waals surface area contributed by atoms with Gasteiger partial charge in [0.2, 0.25) is 0 Å². The molecule has 1 N–H and O–H groups in total. The number of halogens is 2. The van der Waals surface area contributed by atoms with Crippen LogP contribution < -0.4 is 0 Å². The van der Waals surface area contributed by atoms with Crippen LogP contribution in [0.5, 0.6) is 0 Å². The van der Waals surface area contributed by atoms with E-state index in [1.807, 2.05) is 0 Å². The number of hydrogen-bond donors (Lipinski definition) is 1. The van der Waals surface area contributed by atoms with Crippen molar-refractivity contribution in [3.8, 4) is 11.1 Å². The minimum Gasteiger partial charge on any atom is -0.478 e. The maximum atomic E-state index is 13.6. The van der Waals surface area contributed by atoms with E-state index in [1.54, 1.807) is 0 Å². The molecule has 7 heteroatoms. The van der Waals surface area contributed by atoms with Gasteiger partial charge in [-0.05, 0) is 35.9 Å². The second-order valence-corrected chi connectivity index (χ2v) is 6.81. The van der Waals surface area contributed by atoms with E-state index < -0.39 is 21.6 Å². The van der Waals surface area contributed by atoms with Crippen LogP contribution in [0.15, 0.2) is 41.3 Å². The first-order valence-corrected chi connectivity index (χ1v) is 8.00. The fourth-order valence-electron chi connectivity index (χ4n) is 1.88. The summed E-state index contributed by atoms with van der Waals surface area (Å²) >= 11 is 5.59. The molecule has 0 saturated heterocycles. The number of carboxylic acid groups (broad SMARTS) is 1. The van der Waals surface area contributed by atoms with Crippen molar-refractivity contribution in [2.75, 3.05) is 6.26 Å². The Bertz CT molecular complexity index is 831. The lowest BCUT2D eigenvalue weighted by molar-refractivity contribution is 0.0697. The summed E-state index contributed by atoms with van der Waals surface area (Å²) in [7, 11) is -3.60. The highest BCUT2D eigenvalue weighted by atomic mass is 35.5. The van der Waals surface area contributed by atoms with Gasteiger partial charge in [-0.25, -0.2) is 17.6 Å². The van der Waals surface area contributed by atoms with Gasteiger partial charge in [0.25, 0.3) is 0 Å². The van der Waals surface area contributed by atoms with Crippen LogP contribution in [0.3, 0.4) is 0 Å². The van der Waals surface area contributed by atoms with Gasteiger partial charge in [0.15, 0.2) is 9.84 Å². The van der Waals surface area contributed by atoms with E-state index in [1.165, 1.54) is 30.3 Å². The highest BCUT2D eigenvalue weighted by molar-refractivity contribution is 7.90. The van der Waals surface area contributed by atoms with Gasteiger partial charge in [-0.2, -0.15) is 0 Å². The molecule has 4 nitrogen and oxygen atoms in total. The summed E-state index contributed by atoms with van der Waals surface area (Å²) in [5, 5.41) is 8.90. The fraction of sp³-hybridized carbons (Fsp3) is 0.0714. The maximum absolute atomic E-state index is 13.6. The molecule has 0 radical (unpaired) electrons. The molecule has 2 aromatic rings. The van der Waals surface area contributed by atoms with Crippen molar-refractivity contribution in [1.29, 1.82) is 0 Å². The molecule has 0 spiro atoms. The summed E-state index contributed by atoms with van der Waals surface area (Å²) in [6.45, 7) is 0. The van der Waals surface area contributed by atoms with E-state index in [0.717, 1.165) is 12.3 Å². The maximum Gasteiger partial charge on any atom is 0.335 e. The van der Waals surface area contributed by atoms with Crippen molar-refractivity contribution in [1.82, 2.24) is 0 Å². The molecular formula is C14H10ClFO4S. The number of hydrogen-bond acceptors (Lipinski definition) is 3. The second kappa shape index (κ2) is 5.46. The van der Waals surface area contributed by atoms with Crippen molar-refractivity contribution >= 4 is 27.4 Å². The van der Waals surface area contributed by atoms with Crippen molar-refractivity contribution in [3.63, 3.8) is 0 Å². The third-order valence-electron chi connectivity index (χ3n) is 2.86. The first-order valence-electron chi connectivity index (χ1n) is 5.73. The van der Waals surface area contributed by atoms with E-state index in [-0.39, 0.29) is 26.6 Å². The molecule has 0 saturated carbocycles. The minimum absolute atomic E-state index is 0.0748. The normalized spacial score (nSPS) is 11.4. The predicted molar refractivity (Wildman–Crippen MR) is 76.9 cm³/mol. The highest BCUT2D eigenvalue weighted by Gasteiger charge is 2.18. The van der Waals surface area contributed by atoms with E-state index in [4.69, 9.17) is 16.7 Å². The zero-order valence-electron chi connectivity index (χ0n) is 10.8. The summed E-state index contributed by atoms with van der Waals surface area (Å²) in [5.41, 5.74) is 0.265. The average Bonchev–Trinajstić information content (AvgIpc) is 2.40. The first-order chi connectivity index (χ1) is 9.70. The molecule has 2 aromatic carbocycles. The van der Waals surface area contributed by atoms with E-state index >= 15 is 0 Å². The van der Waals surface area contributed by atoms with Gasteiger partial charge in [-0.15, -0.1) is 0 Å². The Balaban J connectivity index is 2.77. The number of sulfone groups is 1. The minimum atomic E-state index is -3.60. The average molecular weight is 329 g/mol. The molecule has 0 aliphatic heterocycles. The molecule has 110 valence electrons. The number of rotatable bonds is 3. The number of carboxylic acids is 1. The van der Waals surface area contributed by atoms with Crippen LogP contribution in [0.1, 0.15) is 10.4 Å². The molecule has 0 unspecified atom stereocenters. The van der Waals surface area contributed by atoms with Crippen molar-refractivity contribution in [2.24, 2.45) is 0 Å². The SMILES string of the molecule is CS(=O)(=O)c1ccc(C(=O)O)cc1-c1ccc(Cl)c(F)c1. The molecule has 0 heterocycles. The summed E-state index contributed by atoms with van der Waals surface area (Å²) in [5.74, 6) is -1.92. The molecule has 0 aliphatic carbocycles. The van der Waals surface area contributed by atoms with E-state index in [2.05, 4.69) is 0 Å². The lowest BCUT2D eigenvalue weighted by Crippen LogP contribution is -2.03. The number of aromatic carboxylic acids is 1. The van der Waals surface area contributed by atoms with Crippen molar-refractivity contribution in [3.05, 3.63) is 52.8 Å². The fourth-order valence-corrected chi connectivity index (χ4v) is 2.88. The standard InChI is InChI=1S/C14H10ClFO4S/c1-21(19,20)13-5-3-9(14(17)18)6-10(13)8-2-4-11(15)12(16)7-8/h2-7H,1H3,(H,17,18). The van der Waals surface area contributed by atoms with Crippen LogP contribution in [-0.2, 0) is 9.84 Å². The molecule has 21 heavy (non-hydrogen) atoms. The summed E-state index contributed by atoms with van der Waals surface area (Å²) in [6, 6.07) is 7.36. The molecule has 0 aromatic heterocycles. The summed E-state index contributed by atoms with van der Waals surface area (Å²) < 4.78 is 37.1. The van der Waals surface area contributed by atoms with Gasteiger partial charge in [-0.1, -0.05) is 17.7 Å². The third-order valence-corrected chi connectivity index (χ3v) is 4.32. The van der Waals surface area contributed by atoms with Crippen molar-refractivity contribution < 1.29 is 22.7 Å². The van der Waals surface area contributed by atoms with Crippen LogP contribution in [0, 0.1) is 5.82 Å². The monoisotopic (exact) mass is 328 g/mol. The zero-order valence-corrected chi connectivity index (χ0v) is 12.4. The molecular weight excluding hydrogens is 319 g/mol. The second-order valence-electron chi connectivity index (χ2n) is 4.42. The molecule has 0 bridgehead atoms. The lowest BCUT2D eigenvalue weighted by Gasteiger charge is -2.10. The van der Waals surface area contributed by atoms with Gasteiger partial charge >= 0.3 is 5.97 Å². The summed E-state index contributed by atoms with van der Waals surface area (Å²) in [4.78, 5) is 10.9. The highest BCUT2D eigenvalue weighted by Crippen LogP contribution is 2.30. The Morgan fingerprint density at radius 2 is 1.86 bits per heavy atom. The van der Waals surface area contributed by atoms with Gasteiger partial charge in [0.1, 0.15) is 5.82 Å². The van der Waals surface area contributed by atoms with Gasteiger partial charge in [0.05, 0.1) is 15.5 Å². The Morgan fingerprint density at radius 3 is 2.38 bits per heavy atom. The van der Waals surface area contributed by atoms with E-state index in [0.29, 0.717) is 0 Å². The smallest absolute Gasteiger partial charge is 0.335 e. The van der Waals surface area contributed by atoms with Gasteiger partial charge in [0, 0.05) is 11.8 Å². The Morgan fingerprint density at radius 1 is 1.19 bits per heavy atom. The predicted octanol–water partition coefficient (Wildman–Crippen LogP) is 3.25. The van der Waals surface area contributed by atoms with Gasteiger partial charge < -0.3 is 5.11 Å². The Hall–Kier alpha value is -1.92. The molecule has 0 amide bonds. The lowest BCUT2D eigenvalue weighted by atomic mass is 10.0. The Kier molecular flexibility index (Phi) is 4.02.